The first kappa shape index (κ1) is 12.2. The number of ketones is 1. The zero-order chi connectivity index (χ0) is 12.1. The van der Waals surface area contributed by atoms with Crippen molar-refractivity contribution >= 4 is 11.8 Å². The Labute approximate surface area is 92.0 Å². The molecule has 5 heteroatoms. The number of ether oxygens (including phenoxy) is 2. The fourth-order valence-corrected chi connectivity index (χ4v) is 1.14. The van der Waals surface area contributed by atoms with E-state index in [0.717, 1.165) is 6.07 Å². The molecule has 1 aromatic rings. The van der Waals surface area contributed by atoms with E-state index in [1.807, 2.05) is 0 Å². The summed E-state index contributed by atoms with van der Waals surface area (Å²) in [5, 5.41) is 0. The Kier molecular flexibility index (Phi) is 3.99. The number of carbonyl (C=O) groups is 2. The molecule has 1 aromatic carbocycles. The van der Waals surface area contributed by atoms with E-state index in [2.05, 4.69) is 4.74 Å². The summed E-state index contributed by atoms with van der Waals surface area (Å²) in [6.45, 7) is 0.769. The van der Waals surface area contributed by atoms with Gasteiger partial charge in [-0.25, -0.2) is 4.39 Å². The van der Waals surface area contributed by atoms with Gasteiger partial charge in [0.1, 0.15) is 11.6 Å². The minimum Gasteiger partial charge on any atom is -0.496 e. The van der Waals surface area contributed by atoms with Gasteiger partial charge in [0, 0.05) is 6.92 Å². The van der Waals surface area contributed by atoms with Crippen LogP contribution in [0.25, 0.3) is 0 Å². The van der Waals surface area contributed by atoms with Crippen LogP contribution in [0.15, 0.2) is 18.2 Å². The van der Waals surface area contributed by atoms with E-state index < -0.39 is 24.2 Å². The first-order valence-corrected chi connectivity index (χ1v) is 4.54. The molecule has 86 valence electrons. The maximum Gasteiger partial charge on any atom is 0.303 e. The van der Waals surface area contributed by atoms with Crippen LogP contribution in [-0.4, -0.2) is 25.5 Å². The molecule has 16 heavy (non-hydrogen) atoms. The van der Waals surface area contributed by atoms with Crippen molar-refractivity contribution in [3.63, 3.8) is 0 Å². The van der Waals surface area contributed by atoms with E-state index in [-0.39, 0.29) is 11.3 Å². The SMILES string of the molecule is COc1ccc(F)cc1C(=O)COC(C)=O. The highest BCUT2D eigenvalue weighted by Crippen LogP contribution is 2.19. The van der Waals surface area contributed by atoms with Gasteiger partial charge >= 0.3 is 5.97 Å². The quantitative estimate of drug-likeness (QED) is 0.577. The number of esters is 1. The van der Waals surface area contributed by atoms with Crippen LogP contribution in [0.2, 0.25) is 0 Å². The highest BCUT2D eigenvalue weighted by atomic mass is 19.1. The molecule has 0 aromatic heterocycles. The van der Waals surface area contributed by atoms with Gasteiger partial charge < -0.3 is 9.47 Å². The Morgan fingerprint density at radius 3 is 2.62 bits per heavy atom. The van der Waals surface area contributed by atoms with Crippen LogP contribution in [0, 0.1) is 5.82 Å². The first-order valence-electron chi connectivity index (χ1n) is 4.54. The Bertz CT molecular complexity index is 414. The molecular weight excluding hydrogens is 215 g/mol. The third-order valence-electron chi connectivity index (χ3n) is 1.87. The van der Waals surface area contributed by atoms with Gasteiger partial charge in [0.15, 0.2) is 6.61 Å². The van der Waals surface area contributed by atoms with Gasteiger partial charge in [-0.15, -0.1) is 0 Å². The van der Waals surface area contributed by atoms with Crippen molar-refractivity contribution in [1.82, 2.24) is 0 Å². The van der Waals surface area contributed by atoms with Crippen LogP contribution in [0.5, 0.6) is 5.75 Å². The van der Waals surface area contributed by atoms with Crippen molar-refractivity contribution in [2.24, 2.45) is 0 Å². The summed E-state index contributed by atoms with van der Waals surface area (Å²) in [4.78, 5) is 22.1. The van der Waals surface area contributed by atoms with Crippen LogP contribution in [0.3, 0.4) is 0 Å². The third-order valence-corrected chi connectivity index (χ3v) is 1.87. The molecule has 0 saturated carbocycles. The number of hydrogen-bond acceptors (Lipinski definition) is 4. The van der Waals surface area contributed by atoms with E-state index in [4.69, 9.17) is 4.74 Å². The predicted molar refractivity (Wildman–Crippen MR) is 53.9 cm³/mol. The molecule has 0 spiro atoms. The molecule has 0 saturated heterocycles. The Hall–Kier alpha value is -1.91. The average Bonchev–Trinajstić information content (AvgIpc) is 2.25. The number of rotatable bonds is 4. The normalized spacial score (nSPS) is 9.69. The van der Waals surface area contributed by atoms with Crippen molar-refractivity contribution in [3.05, 3.63) is 29.6 Å². The van der Waals surface area contributed by atoms with Gasteiger partial charge in [-0.3, -0.25) is 9.59 Å². The summed E-state index contributed by atoms with van der Waals surface area (Å²) in [5.41, 5.74) is 0.0590. The van der Waals surface area contributed by atoms with Gasteiger partial charge in [-0.1, -0.05) is 0 Å². The molecule has 0 N–H and O–H groups in total. The van der Waals surface area contributed by atoms with Crippen molar-refractivity contribution < 1.29 is 23.5 Å². The van der Waals surface area contributed by atoms with Crippen molar-refractivity contribution in [1.29, 1.82) is 0 Å². The van der Waals surface area contributed by atoms with Crippen LogP contribution in [0.1, 0.15) is 17.3 Å². The molecule has 0 fully saturated rings. The van der Waals surface area contributed by atoms with E-state index in [0.29, 0.717) is 0 Å². The van der Waals surface area contributed by atoms with Crippen molar-refractivity contribution in [2.75, 3.05) is 13.7 Å². The summed E-state index contributed by atoms with van der Waals surface area (Å²) in [6.07, 6.45) is 0. The van der Waals surface area contributed by atoms with Gasteiger partial charge in [-0.2, -0.15) is 0 Å². The van der Waals surface area contributed by atoms with Gasteiger partial charge in [0.05, 0.1) is 12.7 Å². The topological polar surface area (TPSA) is 52.6 Å². The summed E-state index contributed by atoms with van der Waals surface area (Å²) < 4.78 is 22.4. The molecule has 0 bridgehead atoms. The number of hydrogen-bond donors (Lipinski definition) is 0. The molecule has 0 radical (unpaired) electrons. The molecule has 0 heterocycles. The number of carbonyl (C=O) groups excluding carboxylic acids is 2. The first-order chi connectivity index (χ1) is 7.54. The summed E-state index contributed by atoms with van der Waals surface area (Å²) in [5.74, 6) is -1.37. The van der Waals surface area contributed by atoms with E-state index in [9.17, 15) is 14.0 Å². The van der Waals surface area contributed by atoms with Crippen LogP contribution >= 0.6 is 0 Å². The molecular formula is C11H11FO4. The molecule has 0 atom stereocenters. The monoisotopic (exact) mass is 226 g/mol. The molecule has 1 rings (SSSR count). The van der Waals surface area contributed by atoms with Crippen molar-refractivity contribution in [2.45, 2.75) is 6.92 Å². The lowest BCUT2D eigenvalue weighted by atomic mass is 10.1. The minimum absolute atomic E-state index is 0.0590. The minimum atomic E-state index is -0.566. The smallest absolute Gasteiger partial charge is 0.303 e. The second kappa shape index (κ2) is 5.25. The second-order valence-electron chi connectivity index (χ2n) is 3.05. The molecule has 0 unspecified atom stereocenters. The average molecular weight is 226 g/mol. The Balaban J connectivity index is 2.88. The predicted octanol–water partition coefficient (Wildman–Crippen LogP) is 1.58. The zero-order valence-corrected chi connectivity index (χ0v) is 8.95. The molecule has 0 amide bonds. The standard InChI is InChI=1S/C11H11FO4/c1-7(13)16-6-10(14)9-5-8(12)3-4-11(9)15-2/h3-5H,6H2,1-2H3. The molecule has 0 aliphatic rings. The largest absolute Gasteiger partial charge is 0.496 e. The molecule has 0 aliphatic heterocycles. The lowest BCUT2D eigenvalue weighted by Crippen LogP contribution is -2.13. The Morgan fingerprint density at radius 2 is 2.06 bits per heavy atom. The maximum absolute atomic E-state index is 12.9. The highest BCUT2D eigenvalue weighted by Gasteiger charge is 2.14. The lowest BCUT2D eigenvalue weighted by Gasteiger charge is -2.07. The number of benzene rings is 1. The number of halogens is 1. The van der Waals surface area contributed by atoms with Crippen LogP contribution in [-0.2, 0) is 9.53 Å². The summed E-state index contributed by atoms with van der Waals surface area (Å²) in [6, 6.07) is 3.57. The van der Waals surface area contributed by atoms with E-state index in [1.165, 1.54) is 26.2 Å². The fourth-order valence-electron chi connectivity index (χ4n) is 1.14. The van der Waals surface area contributed by atoms with Gasteiger partial charge in [-0.05, 0) is 18.2 Å². The Morgan fingerprint density at radius 1 is 1.38 bits per heavy atom. The zero-order valence-electron chi connectivity index (χ0n) is 8.95. The highest BCUT2D eigenvalue weighted by molar-refractivity contribution is 6.00. The fraction of sp³-hybridized carbons (Fsp3) is 0.273. The van der Waals surface area contributed by atoms with Crippen molar-refractivity contribution in [3.8, 4) is 5.75 Å². The number of methoxy groups -OCH3 is 1. The lowest BCUT2D eigenvalue weighted by molar-refractivity contribution is -0.139. The molecule has 0 aliphatic carbocycles. The van der Waals surface area contributed by atoms with Crippen LogP contribution < -0.4 is 4.74 Å². The molecule has 4 nitrogen and oxygen atoms in total. The summed E-state index contributed by atoms with van der Waals surface area (Å²) in [7, 11) is 1.37. The maximum atomic E-state index is 12.9. The van der Waals surface area contributed by atoms with E-state index in [1.54, 1.807) is 0 Å². The van der Waals surface area contributed by atoms with E-state index >= 15 is 0 Å². The second-order valence-corrected chi connectivity index (χ2v) is 3.05. The third kappa shape index (κ3) is 3.05. The summed E-state index contributed by atoms with van der Waals surface area (Å²) >= 11 is 0. The van der Waals surface area contributed by atoms with Crippen LogP contribution in [0.4, 0.5) is 4.39 Å². The number of Topliss-reactive ketones (excluding diaryl/α,β-unsaturated/α-hetero) is 1. The van der Waals surface area contributed by atoms with Gasteiger partial charge in [0.2, 0.25) is 5.78 Å². The van der Waals surface area contributed by atoms with Gasteiger partial charge in [0.25, 0.3) is 0 Å².